The lowest BCUT2D eigenvalue weighted by Crippen LogP contribution is -2.44. The fraction of sp³-hybridized carbons (Fsp3) is 0.625. The molecule has 0 saturated heterocycles. The summed E-state index contributed by atoms with van der Waals surface area (Å²) in [5.41, 5.74) is 2.90. The van der Waals surface area contributed by atoms with Gasteiger partial charge in [0.1, 0.15) is 0 Å². The molecule has 0 fully saturated rings. The zero-order chi connectivity index (χ0) is 13.8. The van der Waals surface area contributed by atoms with Crippen LogP contribution >= 0.6 is 0 Å². The molecule has 0 aliphatic carbocycles. The molecule has 1 aromatic rings. The van der Waals surface area contributed by atoms with Crippen LogP contribution in [0.1, 0.15) is 38.8 Å². The van der Waals surface area contributed by atoms with E-state index in [1.165, 1.54) is 11.1 Å². The molecule has 1 N–H and O–H groups in total. The monoisotopic (exact) mass is 248 g/mol. The second-order valence-corrected chi connectivity index (χ2v) is 6.38. The van der Waals surface area contributed by atoms with Crippen LogP contribution in [-0.4, -0.2) is 30.1 Å². The van der Waals surface area contributed by atoms with Crippen LogP contribution in [0.3, 0.4) is 0 Å². The predicted octanol–water partition coefficient (Wildman–Crippen LogP) is 3.20. The Hall–Kier alpha value is -0.860. The maximum absolute atomic E-state index is 3.56. The minimum Gasteiger partial charge on any atom is -0.311 e. The molecule has 18 heavy (non-hydrogen) atoms. The molecular weight excluding hydrogens is 220 g/mol. The van der Waals surface area contributed by atoms with Crippen molar-refractivity contribution in [3.8, 4) is 0 Å². The zero-order valence-corrected chi connectivity index (χ0v) is 12.7. The maximum Gasteiger partial charge on any atom is 0.0234 e. The van der Waals surface area contributed by atoms with Crippen molar-refractivity contribution in [2.75, 3.05) is 13.6 Å². The summed E-state index contributed by atoms with van der Waals surface area (Å²) < 4.78 is 0. The molecule has 0 radical (unpaired) electrons. The van der Waals surface area contributed by atoms with Crippen molar-refractivity contribution in [3.05, 3.63) is 35.4 Å². The van der Waals surface area contributed by atoms with Gasteiger partial charge in [0.2, 0.25) is 0 Å². The van der Waals surface area contributed by atoms with Gasteiger partial charge in [-0.3, -0.25) is 4.90 Å². The number of aryl methyl sites for hydroxylation is 1. The van der Waals surface area contributed by atoms with Crippen LogP contribution in [0.2, 0.25) is 0 Å². The SMILES string of the molecule is Cc1ccc(CN(C)C(C)CNC(C)(C)C)cc1. The van der Waals surface area contributed by atoms with E-state index >= 15 is 0 Å². The summed E-state index contributed by atoms with van der Waals surface area (Å²) in [5, 5.41) is 3.56. The lowest BCUT2D eigenvalue weighted by atomic mass is 10.1. The highest BCUT2D eigenvalue weighted by molar-refractivity contribution is 5.21. The first kappa shape index (κ1) is 15.2. The molecule has 2 nitrogen and oxygen atoms in total. The molecule has 102 valence electrons. The first-order valence-corrected chi connectivity index (χ1v) is 6.79. The smallest absolute Gasteiger partial charge is 0.0234 e. The van der Waals surface area contributed by atoms with Crippen molar-refractivity contribution in [1.82, 2.24) is 10.2 Å². The van der Waals surface area contributed by atoms with Crippen molar-refractivity contribution >= 4 is 0 Å². The Morgan fingerprint density at radius 3 is 2.22 bits per heavy atom. The molecule has 1 unspecified atom stereocenters. The summed E-state index contributed by atoms with van der Waals surface area (Å²) in [6, 6.07) is 9.33. The molecule has 1 rings (SSSR count). The van der Waals surface area contributed by atoms with E-state index in [0.29, 0.717) is 6.04 Å². The van der Waals surface area contributed by atoms with Gasteiger partial charge in [-0.2, -0.15) is 0 Å². The molecule has 0 amide bonds. The molecule has 0 aliphatic rings. The lowest BCUT2D eigenvalue weighted by Gasteiger charge is -2.29. The van der Waals surface area contributed by atoms with Gasteiger partial charge in [-0.25, -0.2) is 0 Å². The third-order valence-corrected chi connectivity index (χ3v) is 3.23. The van der Waals surface area contributed by atoms with Crippen LogP contribution in [0.15, 0.2) is 24.3 Å². The van der Waals surface area contributed by atoms with Crippen molar-refractivity contribution in [2.45, 2.75) is 52.7 Å². The average Bonchev–Trinajstić information content (AvgIpc) is 2.28. The fourth-order valence-corrected chi connectivity index (χ4v) is 1.75. The van der Waals surface area contributed by atoms with Crippen molar-refractivity contribution in [2.24, 2.45) is 0 Å². The number of hydrogen-bond acceptors (Lipinski definition) is 2. The molecular formula is C16H28N2. The van der Waals surface area contributed by atoms with Crippen molar-refractivity contribution in [1.29, 1.82) is 0 Å². The van der Waals surface area contributed by atoms with Crippen molar-refractivity contribution < 1.29 is 0 Å². The Labute approximate surface area is 112 Å². The van der Waals surface area contributed by atoms with Gasteiger partial charge < -0.3 is 5.32 Å². The average molecular weight is 248 g/mol. The lowest BCUT2D eigenvalue weighted by molar-refractivity contribution is 0.228. The zero-order valence-electron chi connectivity index (χ0n) is 12.7. The van der Waals surface area contributed by atoms with Crippen LogP contribution in [0, 0.1) is 6.92 Å². The number of hydrogen-bond donors (Lipinski definition) is 1. The molecule has 0 aromatic heterocycles. The largest absolute Gasteiger partial charge is 0.311 e. The van der Waals surface area contributed by atoms with Crippen LogP contribution in [-0.2, 0) is 6.54 Å². The minimum absolute atomic E-state index is 0.193. The summed E-state index contributed by atoms with van der Waals surface area (Å²) in [7, 11) is 2.19. The molecule has 0 bridgehead atoms. The Kier molecular flexibility index (Phi) is 5.36. The third kappa shape index (κ3) is 5.65. The standard InChI is InChI=1S/C16H28N2/c1-13-7-9-15(10-8-13)12-18(6)14(2)11-17-16(3,4)5/h7-10,14,17H,11-12H2,1-6H3. The van der Waals surface area contributed by atoms with Crippen LogP contribution in [0.4, 0.5) is 0 Å². The third-order valence-electron chi connectivity index (χ3n) is 3.23. The summed E-state index contributed by atoms with van der Waals surface area (Å²) in [6.45, 7) is 13.1. The van der Waals surface area contributed by atoms with E-state index in [9.17, 15) is 0 Å². The molecule has 0 spiro atoms. The predicted molar refractivity (Wildman–Crippen MR) is 79.9 cm³/mol. The molecule has 0 heterocycles. The Morgan fingerprint density at radius 2 is 1.72 bits per heavy atom. The van der Waals surface area contributed by atoms with Gasteiger partial charge in [0.25, 0.3) is 0 Å². The normalized spacial score (nSPS) is 13.9. The first-order chi connectivity index (χ1) is 8.28. The molecule has 1 atom stereocenters. The highest BCUT2D eigenvalue weighted by atomic mass is 15.1. The second kappa shape index (κ2) is 6.35. The topological polar surface area (TPSA) is 15.3 Å². The molecule has 0 saturated carbocycles. The van der Waals surface area contributed by atoms with Crippen LogP contribution < -0.4 is 5.32 Å². The van der Waals surface area contributed by atoms with Crippen LogP contribution in [0.5, 0.6) is 0 Å². The molecule has 2 heteroatoms. The van der Waals surface area contributed by atoms with E-state index in [1.807, 2.05) is 0 Å². The number of nitrogens with zero attached hydrogens (tertiary/aromatic N) is 1. The Bertz CT molecular complexity index is 348. The van der Waals surface area contributed by atoms with E-state index in [0.717, 1.165) is 13.1 Å². The minimum atomic E-state index is 0.193. The van der Waals surface area contributed by atoms with E-state index in [-0.39, 0.29) is 5.54 Å². The number of likely N-dealkylation sites (N-methyl/N-ethyl adjacent to an activating group) is 1. The maximum atomic E-state index is 3.56. The summed E-state index contributed by atoms with van der Waals surface area (Å²) >= 11 is 0. The summed E-state index contributed by atoms with van der Waals surface area (Å²) in [5.74, 6) is 0. The number of rotatable bonds is 5. The van der Waals surface area contributed by atoms with Crippen LogP contribution in [0.25, 0.3) is 0 Å². The van der Waals surface area contributed by atoms with E-state index in [1.54, 1.807) is 0 Å². The van der Waals surface area contributed by atoms with Gasteiger partial charge in [0, 0.05) is 24.7 Å². The second-order valence-electron chi connectivity index (χ2n) is 6.38. The Morgan fingerprint density at radius 1 is 1.17 bits per heavy atom. The van der Waals surface area contributed by atoms with Gasteiger partial charge in [0.15, 0.2) is 0 Å². The molecule has 0 aliphatic heterocycles. The van der Waals surface area contributed by atoms with Gasteiger partial charge in [-0.05, 0) is 47.2 Å². The van der Waals surface area contributed by atoms with Gasteiger partial charge in [-0.15, -0.1) is 0 Å². The van der Waals surface area contributed by atoms with Gasteiger partial charge in [-0.1, -0.05) is 29.8 Å². The Balaban J connectivity index is 2.44. The first-order valence-electron chi connectivity index (χ1n) is 6.79. The highest BCUT2D eigenvalue weighted by Gasteiger charge is 2.14. The quantitative estimate of drug-likeness (QED) is 0.861. The highest BCUT2D eigenvalue weighted by Crippen LogP contribution is 2.08. The van der Waals surface area contributed by atoms with E-state index in [2.05, 4.69) is 76.1 Å². The van der Waals surface area contributed by atoms with Gasteiger partial charge in [0.05, 0.1) is 0 Å². The van der Waals surface area contributed by atoms with Crippen molar-refractivity contribution in [3.63, 3.8) is 0 Å². The summed E-state index contributed by atoms with van der Waals surface area (Å²) in [6.07, 6.45) is 0. The molecule has 1 aromatic carbocycles. The van der Waals surface area contributed by atoms with E-state index < -0.39 is 0 Å². The number of benzene rings is 1. The fourth-order valence-electron chi connectivity index (χ4n) is 1.75. The number of nitrogens with one attached hydrogen (secondary N) is 1. The summed E-state index contributed by atoms with van der Waals surface area (Å²) in [4.78, 5) is 2.39. The van der Waals surface area contributed by atoms with Gasteiger partial charge >= 0.3 is 0 Å². The van der Waals surface area contributed by atoms with E-state index in [4.69, 9.17) is 0 Å².